The highest BCUT2D eigenvalue weighted by Crippen LogP contribution is 2.32. The third-order valence-corrected chi connectivity index (χ3v) is 5.63. The number of methoxy groups -OCH3 is 1. The first-order valence-corrected chi connectivity index (χ1v) is 9.93. The first kappa shape index (κ1) is 19.8. The fourth-order valence-corrected chi connectivity index (χ4v) is 4.25. The fourth-order valence-electron chi connectivity index (χ4n) is 2.10. The van der Waals surface area contributed by atoms with Crippen LogP contribution in [0.4, 0.5) is 0 Å². The van der Waals surface area contributed by atoms with Crippen molar-refractivity contribution in [3.05, 3.63) is 18.2 Å². The molecule has 0 aliphatic heterocycles. The van der Waals surface area contributed by atoms with E-state index in [0.717, 1.165) is 5.75 Å². The third-order valence-electron chi connectivity index (χ3n) is 2.94. The lowest BCUT2D eigenvalue weighted by Crippen LogP contribution is -2.51. The van der Waals surface area contributed by atoms with Crippen LogP contribution in [0.3, 0.4) is 0 Å². The lowest BCUT2D eigenvalue weighted by Gasteiger charge is -2.28. The second-order valence-electron chi connectivity index (χ2n) is 4.52. The van der Waals surface area contributed by atoms with Crippen LogP contribution in [0.25, 0.3) is 0 Å². The maximum absolute atomic E-state index is 5.89. The monoisotopic (exact) mass is 344 g/mol. The fraction of sp³-hybridized carbons (Fsp3) is 0.625. The zero-order valence-electron chi connectivity index (χ0n) is 14.7. The maximum atomic E-state index is 5.89. The van der Waals surface area contributed by atoms with Gasteiger partial charge in [0.25, 0.3) is 0 Å². The summed E-state index contributed by atoms with van der Waals surface area (Å²) < 4.78 is 34.0. The Labute approximate surface area is 140 Å². The Bertz CT molecular complexity index is 437. The molecule has 23 heavy (non-hydrogen) atoms. The average molecular weight is 344 g/mol. The van der Waals surface area contributed by atoms with Crippen LogP contribution in [0.15, 0.2) is 18.2 Å². The smallest absolute Gasteiger partial charge is 0.494 e. The minimum atomic E-state index is -2.85. The zero-order chi connectivity index (χ0) is 17.1. The number of rotatable bonds is 12. The van der Waals surface area contributed by atoms with Crippen LogP contribution < -0.4 is 14.2 Å². The van der Waals surface area contributed by atoms with E-state index in [9.17, 15) is 0 Å². The van der Waals surface area contributed by atoms with Crippen LogP contribution in [-0.2, 0) is 13.3 Å². The first-order chi connectivity index (χ1) is 11.1. The van der Waals surface area contributed by atoms with Gasteiger partial charge in [-0.3, -0.25) is 0 Å². The van der Waals surface area contributed by atoms with Crippen molar-refractivity contribution < 1.29 is 27.5 Å². The van der Waals surface area contributed by atoms with Gasteiger partial charge in [0.05, 0.1) is 13.7 Å². The summed E-state index contributed by atoms with van der Waals surface area (Å²) in [5, 5.41) is 0. The third kappa shape index (κ3) is 6.02. The van der Waals surface area contributed by atoms with Crippen molar-refractivity contribution in [3.63, 3.8) is 0 Å². The van der Waals surface area contributed by atoms with E-state index >= 15 is 0 Å². The largest absolute Gasteiger partial charge is 0.540 e. The van der Waals surface area contributed by atoms with Crippen LogP contribution in [0, 0.1) is 0 Å². The Morgan fingerprint density at radius 3 is 1.87 bits per heavy atom. The number of ether oxygens (including phenoxy) is 3. The molecule has 0 heterocycles. The highest BCUT2D eigenvalue weighted by Gasteiger charge is 2.42. The van der Waals surface area contributed by atoms with Gasteiger partial charge in [-0.15, -0.1) is 0 Å². The van der Waals surface area contributed by atoms with Crippen molar-refractivity contribution in [1.29, 1.82) is 0 Å². The molecule has 0 aliphatic rings. The van der Waals surface area contributed by atoms with Gasteiger partial charge >= 0.3 is 8.80 Å². The molecule has 0 saturated carbocycles. The van der Waals surface area contributed by atoms with Crippen LogP contribution in [0.5, 0.6) is 17.2 Å². The number of hydrogen-bond donors (Lipinski definition) is 0. The summed E-state index contributed by atoms with van der Waals surface area (Å²) in [7, 11) is -1.26. The summed E-state index contributed by atoms with van der Waals surface area (Å²) >= 11 is 0. The molecule has 0 aromatic heterocycles. The Kier molecular flexibility index (Phi) is 9.01. The zero-order valence-corrected chi connectivity index (χ0v) is 15.7. The van der Waals surface area contributed by atoms with Gasteiger partial charge in [0.2, 0.25) is 0 Å². The topological polar surface area (TPSA) is 55.4 Å². The lowest BCUT2D eigenvalue weighted by molar-refractivity contribution is 0.0537. The van der Waals surface area contributed by atoms with Crippen molar-refractivity contribution in [1.82, 2.24) is 0 Å². The van der Waals surface area contributed by atoms with Gasteiger partial charge in [-0.1, -0.05) is 0 Å². The molecule has 0 N–H and O–H groups in total. The minimum absolute atomic E-state index is 0.229. The molecule has 6 nitrogen and oxygen atoms in total. The van der Waals surface area contributed by atoms with Crippen LogP contribution in [0.2, 0.25) is 0 Å². The highest BCUT2D eigenvalue weighted by molar-refractivity contribution is 6.60. The molecule has 0 radical (unpaired) electrons. The Morgan fingerprint density at radius 1 is 0.783 bits per heavy atom. The van der Waals surface area contributed by atoms with Gasteiger partial charge in [-0.2, -0.15) is 0 Å². The van der Waals surface area contributed by atoms with Crippen LogP contribution in [0.1, 0.15) is 27.7 Å². The van der Waals surface area contributed by atoms with Gasteiger partial charge in [-0.05, 0) is 39.8 Å². The molecule has 0 atom stereocenters. The van der Waals surface area contributed by atoms with Crippen LogP contribution in [-0.4, -0.2) is 48.6 Å². The van der Waals surface area contributed by atoms with Gasteiger partial charge in [0.1, 0.15) is 5.75 Å². The van der Waals surface area contributed by atoms with E-state index in [-0.39, 0.29) is 6.23 Å². The van der Waals surface area contributed by atoms with Crippen LogP contribution >= 0.6 is 0 Å². The molecule has 132 valence electrons. The molecule has 0 spiro atoms. The predicted molar refractivity (Wildman–Crippen MR) is 90.3 cm³/mol. The second kappa shape index (κ2) is 10.5. The molecule has 0 unspecified atom stereocenters. The van der Waals surface area contributed by atoms with Gasteiger partial charge in [0.15, 0.2) is 17.7 Å². The summed E-state index contributed by atoms with van der Waals surface area (Å²) in [5.74, 6) is 1.94. The minimum Gasteiger partial charge on any atom is -0.494 e. The summed E-state index contributed by atoms with van der Waals surface area (Å²) in [6.45, 7) is 9.80. The molecule has 1 aromatic rings. The predicted octanol–water partition coefficient (Wildman–Crippen LogP) is 3.06. The van der Waals surface area contributed by atoms with E-state index in [1.807, 2.05) is 39.8 Å². The Morgan fingerprint density at radius 2 is 1.39 bits per heavy atom. The molecule has 0 amide bonds. The summed E-state index contributed by atoms with van der Waals surface area (Å²) in [5.41, 5.74) is 0. The van der Waals surface area contributed by atoms with E-state index in [4.69, 9.17) is 27.5 Å². The van der Waals surface area contributed by atoms with Crippen molar-refractivity contribution in [3.8, 4) is 17.2 Å². The number of hydrogen-bond acceptors (Lipinski definition) is 6. The molecule has 0 fully saturated rings. The lowest BCUT2D eigenvalue weighted by atomic mass is 10.3. The van der Waals surface area contributed by atoms with Crippen molar-refractivity contribution in [2.24, 2.45) is 0 Å². The summed E-state index contributed by atoms with van der Waals surface area (Å²) in [6.07, 6.45) is 0.229. The standard InChI is InChI=1S/C16H28O6Si/c1-6-18-14-10-11-15(16(12-14)17-5)19-13-23(20-7-2,21-8-3)22-9-4/h10-12H,6-9,13H2,1-5H3. The summed E-state index contributed by atoms with van der Waals surface area (Å²) in [6, 6.07) is 5.45. The molecule has 1 aromatic carbocycles. The molecular weight excluding hydrogens is 316 g/mol. The Hall–Kier alpha value is -1.28. The molecule has 0 saturated heterocycles. The maximum Gasteiger partial charge on any atom is 0.540 e. The molecule has 0 bridgehead atoms. The average Bonchev–Trinajstić information content (AvgIpc) is 2.54. The van der Waals surface area contributed by atoms with Gasteiger partial charge < -0.3 is 27.5 Å². The van der Waals surface area contributed by atoms with E-state index in [2.05, 4.69) is 0 Å². The molecule has 0 aliphatic carbocycles. The normalized spacial score (nSPS) is 11.3. The van der Waals surface area contributed by atoms with E-state index in [1.54, 1.807) is 13.2 Å². The first-order valence-electron chi connectivity index (χ1n) is 8.00. The van der Waals surface area contributed by atoms with Crippen molar-refractivity contribution in [2.75, 3.05) is 39.8 Å². The highest BCUT2D eigenvalue weighted by atomic mass is 28.4. The second-order valence-corrected chi connectivity index (χ2v) is 7.04. The van der Waals surface area contributed by atoms with E-state index in [1.165, 1.54) is 0 Å². The van der Waals surface area contributed by atoms with Gasteiger partial charge in [-0.25, -0.2) is 0 Å². The molecular formula is C16H28O6Si. The quantitative estimate of drug-likeness (QED) is 0.543. The van der Waals surface area contributed by atoms with E-state index < -0.39 is 8.80 Å². The summed E-state index contributed by atoms with van der Waals surface area (Å²) in [4.78, 5) is 0. The number of benzene rings is 1. The molecule has 7 heteroatoms. The Balaban J connectivity index is 2.87. The van der Waals surface area contributed by atoms with Gasteiger partial charge in [0, 0.05) is 25.9 Å². The van der Waals surface area contributed by atoms with E-state index in [0.29, 0.717) is 37.9 Å². The van der Waals surface area contributed by atoms with Crippen molar-refractivity contribution >= 4 is 8.80 Å². The van der Waals surface area contributed by atoms with Crippen molar-refractivity contribution in [2.45, 2.75) is 27.7 Å². The SMILES string of the molecule is CCOc1ccc(OC[Si](OCC)(OCC)OCC)c(OC)c1. The molecule has 1 rings (SSSR count).